The van der Waals surface area contributed by atoms with Gasteiger partial charge in [0.05, 0.1) is 17.0 Å². The van der Waals surface area contributed by atoms with E-state index in [9.17, 15) is 10.1 Å². The third kappa shape index (κ3) is 3.46. The van der Waals surface area contributed by atoms with Crippen LogP contribution >= 0.6 is 11.8 Å². The molecule has 0 aliphatic rings. The zero-order valence-electron chi connectivity index (χ0n) is 12.9. The van der Waals surface area contributed by atoms with Gasteiger partial charge in [-0.05, 0) is 38.8 Å². The highest BCUT2D eigenvalue weighted by molar-refractivity contribution is 8.00. The van der Waals surface area contributed by atoms with Gasteiger partial charge in [-0.1, -0.05) is 16.9 Å². The lowest BCUT2D eigenvalue weighted by Gasteiger charge is -2.10. The van der Waals surface area contributed by atoms with Crippen LogP contribution in [-0.2, 0) is 4.79 Å². The van der Waals surface area contributed by atoms with Crippen molar-refractivity contribution in [1.82, 2.24) is 10.1 Å². The van der Waals surface area contributed by atoms with Gasteiger partial charge < -0.3 is 4.52 Å². The first kappa shape index (κ1) is 16.0. The number of nitrogens with one attached hydrogen (secondary N) is 1. The van der Waals surface area contributed by atoms with Gasteiger partial charge in [0.1, 0.15) is 11.1 Å². The van der Waals surface area contributed by atoms with E-state index in [2.05, 4.69) is 21.5 Å². The number of aryl methyl sites for hydroxylation is 2. The van der Waals surface area contributed by atoms with Crippen LogP contribution < -0.4 is 5.32 Å². The molecular weight excluding hydrogens is 300 g/mol. The molecule has 7 heteroatoms. The molecule has 0 spiro atoms. The molecule has 2 aromatic heterocycles. The van der Waals surface area contributed by atoms with E-state index in [1.54, 1.807) is 13.0 Å². The lowest BCUT2D eigenvalue weighted by molar-refractivity contribution is -0.113. The summed E-state index contributed by atoms with van der Waals surface area (Å²) in [6.45, 7) is 7.50. The summed E-state index contributed by atoms with van der Waals surface area (Å²) < 4.78 is 4.93. The van der Waals surface area contributed by atoms with Crippen LogP contribution in [-0.4, -0.2) is 21.8 Å². The molecule has 0 fully saturated rings. The van der Waals surface area contributed by atoms with E-state index >= 15 is 0 Å². The number of hydrogen-bond donors (Lipinski definition) is 1. The largest absolute Gasteiger partial charge is 0.338 e. The number of carbonyl (C=O) groups excluding carboxylic acids is 1. The Kier molecular flexibility index (Phi) is 4.83. The van der Waals surface area contributed by atoms with E-state index in [-0.39, 0.29) is 11.7 Å². The standard InChI is InChI=1S/C15H16N4O2S/c1-8-5-14(21-19-8)18-13(20)7-22-15-12(6-16)10(3)9(2)11(4)17-15/h5H,7H2,1-4H3,(H,18,20). The second-order valence-electron chi connectivity index (χ2n) is 4.91. The number of nitriles is 1. The number of rotatable bonds is 4. The summed E-state index contributed by atoms with van der Waals surface area (Å²) in [4.78, 5) is 16.3. The van der Waals surface area contributed by atoms with E-state index in [1.165, 1.54) is 11.8 Å². The molecule has 2 rings (SSSR count). The highest BCUT2D eigenvalue weighted by Crippen LogP contribution is 2.26. The number of carbonyl (C=O) groups is 1. The fourth-order valence-corrected chi connectivity index (χ4v) is 2.76. The lowest BCUT2D eigenvalue weighted by Crippen LogP contribution is -2.14. The third-order valence-corrected chi connectivity index (χ3v) is 4.28. The molecule has 0 saturated carbocycles. The summed E-state index contributed by atoms with van der Waals surface area (Å²) in [5, 5.41) is 16.2. The molecule has 0 aliphatic carbocycles. The van der Waals surface area contributed by atoms with Crippen LogP contribution in [0.2, 0.25) is 0 Å². The maximum atomic E-state index is 11.9. The number of aromatic nitrogens is 2. The Morgan fingerprint density at radius 1 is 1.36 bits per heavy atom. The fourth-order valence-electron chi connectivity index (χ4n) is 1.88. The molecule has 0 saturated heterocycles. The summed E-state index contributed by atoms with van der Waals surface area (Å²) in [6, 6.07) is 3.81. The molecule has 22 heavy (non-hydrogen) atoms. The van der Waals surface area contributed by atoms with Crippen LogP contribution in [0.3, 0.4) is 0 Å². The van der Waals surface area contributed by atoms with E-state index in [1.807, 2.05) is 20.8 Å². The van der Waals surface area contributed by atoms with Crippen molar-refractivity contribution in [1.29, 1.82) is 5.26 Å². The number of nitrogens with zero attached hydrogens (tertiary/aromatic N) is 3. The number of amides is 1. The van der Waals surface area contributed by atoms with Crippen LogP contribution in [0.25, 0.3) is 0 Å². The van der Waals surface area contributed by atoms with Gasteiger partial charge in [-0.3, -0.25) is 10.1 Å². The van der Waals surface area contributed by atoms with Crippen LogP contribution in [0.4, 0.5) is 5.88 Å². The summed E-state index contributed by atoms with van der Waals surface area (Å²) in [7, 11) is 0. The monoisotopic (exact) mass is 316 g/mol. The summed E-state index contributed by atoms with van der Waals surface area (Å²) >= 11 is 1.24. The van der Waals surface area contributed by atoms with Crippen molar-refractivity contribution in [3.05, 3.63) is 34.1 Å². The van der Waals surface area contributed by atoms with Crippen LogP contribution in [0.5, 0.6) is 0 Å². The van der Waals surface area contributed by atoms with Gasteiger partial charge in [0.2, 0.25) is 11.8 Å². The summed E-state index contributed by atoms with van der Waals surface area (Å²) in [5.41, 5.74) is 3.99. The summed E-state index contributed by atoms with van der Waals surface area (Å²) in [6.07, 6.45) is 0. The topological polar surface area (TPSA) is 91.8 Å². The molecule has 114 valence electrons. The van der Waals surface area contributed by atoms with Crippen molar-refractivity contribution in [3.8, 4) is 6.07 Å². The van der Waals surface area contributed by atoms with Crippen LogP contribution in [0.15, 0.2) is 15.6 Å². The average Bonchev–Trinajstić information content (AvgIpc) is 2.88. The normalized spacial score (nSPS) is 10.3. The van der Waals surface area contributed by atoms with Gasteiger partial charge >= 0.3 is 0 Å². The third-order valence-electron chi connectivity index (χ3n) is 3.31. The molecular formula is C15H16N4O2S. The molecule has 1 N–H and O–H groups in total. The number of pyridine rings is 1. The fraction of sp³-hybridized carbons (Fsp3) is 0.333. The zero-order valence-corrected chi connectivity index (χ0v) is 13.7. The molecule has 0 aromatic carbocycles. The maximum Gasteiger partial charge on any atom is 0.237 e. The minimum atomic E-state index is -0.234. The first-order valence-corrected chi connectivity index (χ1v) is 7.64. The van der Waals surface area contributed by atoms with Crippen molar-refractivity contribution in [3.63, 3.8) is 0 Å². The minimum Gasteiger partial charge on any atom is -0.338 e. The number of anilines is 1. The molecule has 2 heterocycles. The van der Waals surface area contributed by atoms with Gasteiger partial charge in [0, 0.05) is 11.8 Å². The van der Waals surface area contributed by atoms with Gasteiger partial charge in [-0.25, -0.2) is 4.98 Å². The molecule has 6 nitrogen and oxygen atoms in total. The zero-order chi connectivity index (χ0) is 16.3. The van der Waals surface area contributed by atoms with Crippen molar-refractivity contribution < 1.29 is 9.32 Å². The predicted molar refractivity (Wildman–Crippen MR) is 83.8 cm³/mol. The highest BCUT2D eigenvalue weighted by Gasteiger charge is 2.15. The molecule has 1 amide bonds. The lowest BCUT2D eigenvalue weighted by atomic mass is 10.1. The highest BCUT2D eigenvalue weighted by atomic mass is 32.2. The Bertz CT molecular complexity index is 762. The van der Waals surface area contributed by atoms with E-state index in [4.69, 9.17) is 4.52 Å². The SMILES string of the molecule is Cc1cc(NC(=O)CSc2nc(C)c(C)c(C)c2C#N)on1. The molecule has 0 atom stereocenters. The smallest absolute Gasteiger partial charge is 0.237 e. The van der Waals surface area contributed by atoms with Gasteiger partial charge in [0.25, 0.3) is 0 Å². The molecule has 0 unspecified atom stereocenters. The van der Waals surface area contributed by atoms with Gasteiger partial charge in [0.15, 0.2) is 0 Å². The predicted octanol–water partition coefficient (Wildman–Crippen LogP) is 2.91. The average molecular weight is 316 g/mol. The second-order valence-corrected chi connectivity index (χ2v) is 5.87. The molecule has 0 radical (unpaired) electrons. The van der Waals surface area contributed by atoms with Crippen molar-refractivity contribution in [2.24, 2.45) is 0 Å². The Labute approximate surface area is 132 Å². The summed E-state index contributed by atoms with van der Waals surface area (Å²) in [5.74, 6) is 0.221. The van der Waals surface area contributed by atoms with Gasteiger partial charge in [-0.15, -0.1) is 0 Å². The first-order chi connectivity index (χ1) is 10.4. The van der Waals surface area contributed by atoms with Crippen molar-refractivity contribution in [2.75, 3.05) is 11.1 Å². The number of hydrogen-bond acceptors (Lipinski definition) is 6. The van der Waals surface area contributed by atoms with E-state index < -0.39 is 0 Å². The van der Waals surface area contributed by atoms with Crippen molar-refractivity contribution in [2.45, 2.75) is 32.7 Å². The molecule has 0 aliphatic heterocycles. The molecule has 0 bridgehead atoms. The van der Waals surface area contributed by atoms with Crippen LogP contribution in [0, 0.1) is 39.0 Å². The first-order valence-electron chi connectivity index (χ1n) is 6.66. The minimum absolute atomic E-state index is 0.142. The Balaban J connectivity index is 2.08. The Morgan fingerprint density at radius 2 is 2.09 bits per heavy atom. The maximum absolute atomic E-state index is 11.9. The Morgan fingerprint density at radius 3 is 2.68 bits per heavy atom. The van der Waals surface area contributed by atoms with E-state index in [0.29, 0.717) is 22.2 Å². The Hall–Kier alpha value is -2.33. The van der Waals surface area contributed by atoms with Crippen molar-refractivity contribution >= 4 is 23.6 Å². The van der Waals surface area contributed by atoms with Gasteiger partial charge in [-0.2, -0.15) is 5.26 Å². The van der Waals surface area contributed by atoms with E-state index in [0.717, 1.165) is 16.8 Å². The second kappa shape index (κ2) is 6.62. The quantitative estimate of drug-likeness (QED) is 0.872. The van der Waals surface area contributed by atoms with Crippen LogP contribution in [0.1, 0.15) is 28.1 Å². The molecule has 2 aromatic rings. The number of thioether (sulfide) groups is 1.